The summed E-state index contributed by atoms with van der Waals surface area (Å²) < 4.78 is 5.73. The number of nitrogens with one attached hydrogen (secondary N) is 1. The highest BCUT2D eigenvalue weighted by Gasteiger charge is 2.35. The zero-order chi connectivity index (χ0) is 23.9. The highest BCUT2D eigenvalue weighted by atomic mass is 35.5. The normalized spacial score (nSPS) is 15.2. The molecule has 10 heteroatoms. The first kappa shape index (κ1) is 22.7. The summed E-state index contributed by atoms with van der Waals surface area (Å²) >= 11 is 17.6. The van der Waals surface area contributed by atoms with Crippen LogP contribution in [0.3, 0.4) is 0 Å². The third-order valence-electron chi connectivity index (χ3n) is 4.91. The molecule has 33 heavy (non-hydrogen) atoms. The Balaban J connectivity index is 1.70. The second-order valence-corrected chi connectivity index (χ2v) is 8.29. The molecule has 2 N–H and O–H groups in total. The molecule has 7 nitrogen and oxygen atoms in total. The molecule has 0 saturated carbocycles. The number of nitrogens with zero attached hydrogens (tertiary/aromatic N) is 1. The zero-order valence-corrected chi connectivity index (χ0v) is 19.2. The van der Waals surface area contributed by atoms with Crippen LogP contribution in [-0.2, 0) is 9.59 Å². The van der Waals surface area contributed by atoms with E-state index in [0.717, 1.165) is 5.56 Å². The summed E-state index contributed by atoms with van der Waals surface area (Å²) in [6.07, 6.45) is 1.28. The number of rotatable bonds is 4. The van der Waals surface area contributed by atoms with Gasteiger partial charge in [-0.15, -0.1) is 0 Å². The minimum atomic E-state index is -1.11. The molecule has 0 atom stereocenters. The lowest BCUT2D eigenvalue weighted by Crippen LogP contribution is -2.54. The lowest BCUT2D eigenvalue weighted by molar-refractivity contribution is -0.122. The predicted molar refractivity (Wildman–Crippen MR) is 129 cm³/mol. The van der Waals surface area contributed by atoms with Gasteiger partial charge in [0.2, 0.25) is 0 Å². The van der Waals surface area contributed by atoms with Crippen molar-refractivity contribution in [3.63, 3.8) is 0 Å². The van der Waals surface area contributed by atoms with Crippen molar-refractivity contribution in [2.45, 2.75) is 6.92 Å². The van der Waals surface area contributed by atoms with E-state index >= 15 is 0 Å². The van der Waals surface area contributed by atoms with Crippen LogP contribution >= 0.6 is 35.4 Å². The average molecular weight is 501 g/mol. The van der Waals surface area contributed by atoms with Crippen LogP contribution in [-0.4, -0.2) is 28.0 Å². The molecule has 2 amide bonds. The van der Waals surface area contributed by atoms with E-state index in [9.17, 15) is 19.5 Å². The van der Waals surface area contributed by atoms with Gasteiger partial charge >= 0.3 is 5.97 Å². The van der Waals surface area contributed by atoms with Gasteiger partial charge in [0.25, 0.3) is 11.8 Å². The molecule has 1 fully saturated rings. The smallest absolute Gasteiger partial charge is 0.335 e. The fraction of sp³-hybridized carbons (Fsp3) is 0.0435. The van der Waals surface area contributed by atoms with Gasteiger partial charge in [0.15, 0.2) is 5.11 Å². The quantitative estimate of drug-likeness (QED) is 0.294. The highest BCUT2D eigenvalue weighted by Crippen LogP contribution is 2.32. The van der Waals surface area contributed by atoms with Crippen molar-refractivity contribution >= 4 is 70.1 Å². The largest absolute Gasteiger partial charge is 0.478 e. The van der Waals surface area contributed by atoms with Crippen molar-refractivity contribution < 1.29 is 23.9 Å². The van der Waals surface area contributed by atoms with E-state index in [2.05, 4.69) is 5.32 Å². The van der Waals surface area contributed by atoms with Crippen molar-refractivity contribution in [3.05, 3.63) is 81.0 Å². The maximum absolute atomic E-state index is 13.1. The Morgan fingerprint density at radius 3 is 2.55 bits per heavy atom. The summed E-state index contributed by atoms with van der Waals surface area (Å²) in [5.74, 6) is -1.97. The molecule has 1 aliphatic heterocycles. The van der Waals surface area contributed by atoms with E-state index in [0.29, 0.717) is 16.3 Å². The topological polar surface area (TPSA) is 99.8 Å². The van der Waals surface area contributed by atoms with Crippen LogP contribution < -0.4 is 10.2 Å². The molecular formula is C23H14Cl2N2O5S. The molecule has 166 valence electrons. The summed E-state index contributed by atoms with van der Waals surface area (Å²) in [7, 11) is 0. The number of amides is 2. The number of hydrogen-bond acceptors (Lipinski definition) is 5. The van der Waals surface area contributed by atoms with E-state index in [1.807, 2.05) is 6.92 Å². The van der Waals surface area contributed by atoms with Crippen LogP contribution in [0.2, 0.25) is 10.0 Å². The van der Waals surface area contributed by atoms with Crippen LogP contribution in [0.25, 0.3) is 17.4 Å². The lowest BCUT2D eigenvalue weighted by Gasteiger charge is -2.29. The number of aromatic carboxylic acids is 1. The number of carbonyl (C=O) groups is 3. The Morgan fingerprint density at radius 1 is 1.09 bits per heavy atom. The molecule has 2 aromatic carbocycles. The van der Waals surface area contributed by atoms with Gasteiger partial charge in [0.05, 0.1) is 16.3 Å². The van der Waals surface area contributed by atoms with E-state index in [4.69, 9.17) is 39.8 Å². The fourth-order valence-electron chi connectivity index (χ4n) is 3.18. The molecule has 3 aromatic rings. The molecule has 2 heterocycles. The highest BCUT2D eigenvalue weighted by molar-refractivity contribution is 7.80. The van der Waals surface area contributed by atoms with Crippen LogP contribution in [0.15, 0.2) is 58.5 Å². The summed E-state index contributed by atoms with van der Waals surface area (Å²) in [5, 5.41) is 12.4. The van der Waals surface area contributed by atoms with Crippen molar-refractivity contribution in [1.82, 2.24) is 5.32 Å². The Bertz CT molecular complexity index is 1380. The second-order valence-electron chi connectivity index (χ2n) is 7.09. The first-order valence-corrected chi connectivity index (χ1v) is 10.6. The number of anilines is 1. The van der Waals surface area contributed by atoms with Crippen molar-refractivity contribution in [2.75, 3.05) is 4.90 Å². The predicted octanol–water partition coefficient (Wildman–Crippen LogP) is 5.09. The summed E-state index contributed by atoms with van der Waals surface area (Å²) in [6, 6.07) is 12.3. The van der Waals surface area contributed by atoms with Crippen LogP contribution in [0.4, 0.5) is 5.69 Å². The molecule has 0 spiro atoms. The van der Waals surface area contributed by atoms with Gasteiger partial charge in [0.1, 0.15) is 17.1 Å². The van der Waals surface area contributed by atoms with E-state index < -0.39 is 17.8 Å². The molecular weight excluding hydrogens is 487 g/mol. The third kappa shape index (κ3) is 4.41. The van der Waals surface area contributed by atoms with Crippen LogP contribution in [0, 0.1) is 6.92 Å². The number of halogens is 2. The molecule has 0 unspecified atom stereocenters. The standard InChI is InChI=1S/C23H14Cl2N2O5S/c1-11-2-4-13(9-18(11)25)27-21(29)16(20(28)26-23(27)33)10-14-5-7-19(32-14)15-8-12(22(30)31)3-6-17(15)24/h2-10H,1H3,(H,30,31)(H,26,28,33)/b16-10+. The second kappa shape index (κ2) is 8.82. The van der Waals surface area contributed by atoms with Crippen molar-refractivity contribution in [2.24, 2.45) is 0 Å². The number of benzene rings is 2. The molecule has 1 saturated heterocycles. The van der Waals surface area contributed by atoms with Crippen LogP contribution in [0.1, 0.15) is 21.7 Å². The third-order valence-corrected chi connectivity index (χ3v) is 5.93. The summed E-state index contributed by atoms with van der Waals surface area (Å²) in [5.41, 5.74) is 1.42. The van der Waals surface area contributed by atoms with E-state index in [1.54, 1.807) is 24.3 Å². The van der Waals surface area contributed by atoms with Gasteiger partial charge < -0.3 is 9.52 Å². The molecule has 0 aliphatic carbocycles. The number of thiocarbonyl (C=S) groups is 1. The number of carboxylic acid groups (broad SMARTS) is 1. The SMILES string of the molecule is Cc1ccc(N2C(=O)/C(=C/c3ccc(-c4cc(C(=O)O)ccc4Cl)o3)C(=O)NC2=S)cc1Cl. The zero-order valence-electron chi connectivity index (χ0n) is 16.9. The van der Waals surface area contributed by atoms with Gasteiger partial charge in [-0.3, -0.25) is 19.8 Å². The number of carboxylic acids is 1. The fourth-order valence-corrected chi connectivity index (χ4v) is 3.84. The molecule has 1 aromatic heterocycles. The maximum Gasteiger partial charge on any atom is 0.335 e. The number of furan rings is 1. The Labute approximate surface area is 203 Å². The first-order valence-electron chi connectivity index (χ1n) is 9.46. The molecule has 0 radical (unpaired) electrons. The Morgan fingerprint density at radius 2 is 1.85 bits per heavy atom. The van der Waals surface area contributed by atoms with Gasteiger partial charge in [-0.2, -0.15) is 0 Å². The monoisotopic (exact) mass is 500 g/mol. The molecule has 1 aliphatic rings. The summed E-state index contributed by atoms with van der Waals surface area (Å²) in [6.45, 7) is 1.82. The van der Waals surface area contributed by atoms with Gasteiger partial charge in [-0.25, -0.2) is 4.79 Å². The van der Waals surface area contributed by atoms with Gasteiger partial charge in [-0.1, -0.05) is 29.3 Å². The van der Waals surface area contributed by atoms with Crippen molar-refractivity contribution in [3.8, 4) is 11.3 Å². The first-order chi connectivity index (χ1) is 15.7. The molecule has 0 bridgehead atoms. The lowest BCUT2D eigenvalue weighted by atomic mass is 10.1. The van der Waals surface area contributed by atoms with E-state index in [-0.39, 0.29) is 32.8 Å². The van der Waals surface area contributed by atoms with Crippen molar-refractivity contribution in [1.29, 1.82) is 0 Å². The Hall–Kier alpha value is -3.46. The number of carbonyl (C=O) groups excluding carboxylic acids is 2. The maximum atomic E-state index is 13.1. The minimum Gasteiger partial charge on any atom is -0.478 e. The van der Waals surface area contributed by atoms with E-state index in [1.165, 1.54) is 35.2 Å². The Kier molecular flexibility index (Phi) is 6.07. The van der Waals surface area contributed by atoms with Gasteiger partial charge in [0, 0.05) is 10.6 Å². The van der Waals surface area contributed by atoms with Gasteiger partial charge in [-0.05, 0) is 73.2 Å². The average Bonchev–Trinajstić information content (AvgIpc) is 3.22. The minimum absolute atomic E-state index is 0.0356. The number of hydrogen-bond donors (Lipinski definition) is 2. The van der Waals surface area contributed by atoms with Crippen LogP contribution in [0.5, 0.6) is 0 Å². The summed E-state index contributed by atoms with van der Waals surface area (Å²) in [4.78, 5) is 38.1. The molecule has 4 rings (SSSR count). The number of aryl methyl sites for hydroxylation is 1.